The van der Waals surface area contributed by atoms with Gasteiger partial charge >= 0.3 is 5.97 Å². The molecule has 0 spiro atoms. The Hall–Kier alpha value is -2.10. The zero-order chi connectivity index (χ0) is 14.5. The van der Waals surface area contributed by atoms with Gasteiger partial charge in [-0.2, -0.15) is 0 Å². The molecule has 0 N–H and O–H groups in total. The number of pyridine rings is 1. The van der Waals surface area contributed by atoms with Crippen LogP contribution in [-0.2, 0) is 16.0 Å². The molecule has 2 rings (SSSR count). The Morgan fingerprint density at radius 3 is 2.80 bits per heavy atom. The Kier molecular flexibility index (Phi) is 4.56. The third kappa shape index (κ3) is 3.26. The van der Waals surface area contributed by atoms with Crippen molar-refractivity contribution in [1.29, 1.82) is 0 Å². The second-order valence-corrected chi connectivity index (χ2v) is 4.77. The zero-order valence-electron chi connectivity index (χ0n) is 12.1. The Labute approximate surface area is 118 Å². The van der Waals surface area contributed by atoms with Crippen molar-refractivity contribution in [2.24, 2.45) is 0 Å². The summed E-state index contributed by atoms with van der Waals surface area (Å²) in [5.74, 6) is 0.512. The first kappa shape index (κ1) is 14.3. The number of aromatic nitrogens is 1. The van der Waals surface area contributed by atoms with Crippen LogP contribution in [0.15, 0.2) is 30.5 Å². The molecule has 0 saturated carbocycles. The number of carbonyl (C=O) groups is 1. The van der Waals surface area contributed by atoms with Crippen LogP contribution in [0.5, 0.6) is 5.75 Å². The van der Waals surface area contributed by atoms with E-state index in [0.29, 0.717) is 6.61 Å². The van der Waals surface area contributed by atoms with E-state index in [9.17, 15) is 4.79 Å². The van der Waals surface area contributed by atoms with Crippen LogP contribution in [-0.4, -0.2) is 23.7 Å². The van der Waals surface area contributed by atoms with Crippen LogP contribution in [0.3, 0.4) is 0 Å². The van der Waals surface area contributed by atoms with E-state index in [1.807, 2.05) is 38.1 Å². The number of carbonyl (C=O) groups excluding carboxylic acids is 1. The highest BCUT2D eigenvalue weighted by Crippen LogP contribution is 2.27. The molecule has 0 atom stereocenters. The zero-order valence-corrected chi connectivity index (χ0v) is 12.1. The summed E-state index contributed by atoms with van der Waals surface area (Å²) in [6.07, 6.45) is 2.05. The first-order chi connectivity index (χ1) is 9.61. The van der Waals surface area contributed by atoms with E-state index in [0.717, 1.165) is 22.2 Å². The van der Waals surface area contributed by atoms with Gasteiger partial charge in [-0.25, -0.2) is 0 Å². The van der Waals surface area contributed by atoms with Crippen LogP contribution >= 0.6 is 0 Å². The van der Waals surface area contributed by atoms with Crippen molar-refractivity contribution in [2.45, 2.75) is 33.3 Å². The fourth-order valence-corrected chi connectivity index (χ4v) is 2.08. The van der Waals surface area contributed by atoms with Gasteiger partial charge in [0.15, 0.2) is 0 Å². The standard InChI is InChI=1S/C16H19NO3/c1-4-19-15(18)10-12-7-8-14(20-11(2)3)16-13(12)6-5-9-17-16/h5-9,11H,4,10H2,1-3H3. The fraction of sp³-hybridized carbons (Fsp3) is 0.375. The number of hydrogen-bond donors (Lipinski definition) is 0. The van der Waals surface area contributed by atoms with Gasteiger partial charge in [0, 0.05) is 11.6 Å². The lowest BCUT2D eigenvalue weighted by Gasteiger charge is -2.13. The lowest BCUT2D eigenvalue weighted by atomic mass is 10.0. The van der Waals surface area contributed by atoms with Gasteiger partial charge in [0.2, 0.25) is 0 Å². The van der Waals surface area contributed by atoms with Crippen molar-refractivity contribution in [3.05, 3.63) is 36.0 Å². The van der Waals surface area contributed by atoms with Crippen molar-refractivity contribution in [3.8, 4) is 5.75 Å². The molecule has 1 aromatic heterocycles. The van der Waals surface area contributed by atoms with E-state index in [4.69, 9.17) is 9.47 Å². The lowest BCUT2D eigenvalue weighted by Crippen LogP contribution is -2.09. The minimum absolute atomic E-state index is 0.0797. The summed E-state index contributed by atoms with van der Waals surface area (Å²) < 4.78 is 10.8. The molecule has 1 heterocycles. The average molecular weight is 273 g/mol. The Morgan fingerprint density at radius 1 is 1.30 bits per heavy atom. The number of nitrogens with zero attached hydrogens (tertiary/aromatic N) is 1. The summed E-state index contributed by atoms with van der Waals surface area (Å²) in [5.41, 5.74) is 1.69. The summed E-state index contributed by atoms with van der Waals surface area (Å²) >= 11 is 0. The minimum Gasteiger partial charge on any atom is -0.489 e. The van der Waals surface area contributed by atoms with Crippen molar-refractivity contribution in [2.75, 3.05) is 6.61 Å². The Morgan fingerprint density at radius 2 is 2.10 bits per heavy atom. The molecule has 0 aliphatic heterocycles. The lowest BCUT2D eigenvalue weighted by molar-refractivity contribution is -0.142. The molecule has 20 heavy (non-hydrogen) atoms. The van der Waals surface area contributed by atoms with Gasteiger partial charge in [-0.3, -0.25) is 9.78 Å². The van der Waals surface area contributed by atoms with Crippen LogP contribution in [0.1, 0.15) is 26.3 Å². The average Bonchev–Trinajstić information content (AvgIpc) is 2.41. The molecular formula is C16H19NO3. The predicted molar refractivity (Wildman–Crippen MR) is 77.8 cm³/mol. The number of ether oxygens (including phenoxy) is 2. The summed E-state index contributed by atoms with van der Waals surface area (Å²) in [5, 5.41) is 0.929. The van der Waals surface area contributed by atoms with Crippen LogP contribution in [0.2, 0.25) is 0 Å². The molecule has 4 heteroatoms. The normalized spacial score (nSPS) is 10.8. The molecule has 106 valence electrons. The molecule has 0 amide bonds. The molecule has 0 bridgehead atoms. The number of esters is 1. The van der Waals surface area contributed by atoms with E-state index in [2.05, 4.69) is 4.98 Å². The number of fused-ring (bicyclic) bond motifs is 1. The Bertz CT molecular complexity index is 608. The van der Waals surface area contributed by atoms with Crippen molar-refractivity contribution >= 4 is 16.9 Å². The summed E-state index contributed by atoms with van der Waals surface area (Å²) in [7, 11) is 0. The smallest absolute Gasteiger partial charge is 0.310 e. The van der Waals surface area contributed by atoms with Gasteiger partial charge in [-0.05, 0) is 38.5 Å². The quantitative estimate of drug-likeness (QED) is 0.785. The molecule has 0 unspecified atom stereocenters. The maximum atomic E-state index is 11.6. The van der Waals surface area contributed by atoms with Crippen LogP contribution in [0, 0.1) is 0 Å². The SMILES string of the molecule is CCOC(=O)Cc1ccc(OC(C)C)c2ncccc12. The molecule has 4 nitrogen and oxygen atoms in total. The topological polar surface area (TPSA) is 48.4 Å². The Balaban J connectivity index is 2.40. The molecule has 2 aromatic rings. The fourth-order valence-electron chi connectivity index (χ4n) is 2.08. The van der Waals surface area contributed by atoms with Crippen molar-refractivity contribution in [1.82, 2.24) is 4.98 Å². The molecule has 0 radical (unpaired) electrons. The third-order valence-corrected chi connectivity index (χ3v) is 2.83. The molecule has 1 aromatic carbocycles. The van der Waals surface area contributed by atoms with E-state index in [1.54, 1.807) is 13.1 Å². The monoisotopic (exact) mass is 273 g/mol. The van der Waals surface area contributed by atoms with E-state index in [-0.39, 0.29) is 18.5 Å². The molecular weight excluding hydrogens is 254 g/mol. The molecule has 0 fully saturated rings. The number of rotatable bonds is 5. The van der Waals surface area contributed by atoms with Crippen molar-refractivity contribution in [3.63, 3.8) is 0 Å². The van der Waals surface area contributed by atoms with Crippen LogP contribution in [0.25, 0.3) is 10.9 Å². The van der Waals surface area contributed by atoms with Crippen LogP contribution < -0.4 is 4.74 Å². The summed E-state index contributed by atoms with van der Waals surface area (Å²) in [6.45, 7) is 6.14. The maximum Gasteiger partial charge on any atom is 0.310 e. The third-order valence-electron chi connectivity index (χ3n) is 2.83. The van der Waals surface area contributed by atoms with E-state index in [1.165, 1.54) is 0 Å². The van der Waals surface area contributed by atoms with Gasteiger partial charge in [0.1, 0.15) is 11.3 Å². The first-order valence-electron chi connectivity index (χ1n) is 6.80. The van der Waals surface area contributed by atoms with Crippen molar-refractivity contribution < 1.29 is 14.3 Å². The van der Waals surface area contributed by atoms with E-state index >= 15 is 0 Å². The maximum absolute atomic E-state index is 11.6. The van der Waals surface area contributed by atoms with Gasteiger partial charge < -0.3 is 9.47 Å². The highest BCUT2D eigenvalue weighted by molar-refractivity contribution is 5.90. The predicted octanol–water partition coefficient (Wildman–Crippen LogP) is 3.13. The second-order valence-electron chi connectivity index (χ2n) is 4.77. The van der Waals surface area contributed by atoms with Gasteiger partial charge in [-0.15, -0.1) is 0 Å². The first-order valence-corrected chi connectivity index (χ1v) is 6.80. The van der Waals surface area contributed by atoms with Gasteiger partial charge in [0.25, 0.3) is 0 Å². The van der Waals surface area contributed by atoms with E-state index < -0.39 is 0 Å². The minimum atomic E-state index is -0.227. The highest BCUT2D eigenvalue weighted by Gasteiger charge is 2.12. The largest absolute Gasteiger partial charge is 0.489 e. The van der Waals surface area contributed by atoms with Crippen LogP contribution in [0.4, 0.5) is 0 Å². The van der Waals surface area contributed by atoms with Gasteiger partial charge in [-0.1, -0.05) is 12.1 Å². The number of benzene rings is 1. The summed E-state index contributed by atoms with van der Waals surface area (Å²) in [4.78, 5) is 16.0. The second kappa shape index (κ2) is 6.37. The number of hydrogen-bond acceptors (Lipinski definition) is 4. The summed E-state index contributed by atoms with van der Waals surface area (Å²) in [6, 6.07) is 7.57. The molecule has 0 aliphatic rings. The highest BCUT2D eigenvalue weighted by atomic mass is 16.5. The van der Waals surface area contributed by atoms with Gasteiger partial charge in [0.05, 0.1) is 19.1 Å². The molecule has 0 aliphatic carbocycles. The molecule has 0 saturated heterocycles.